The van der Waals surface area contributed by atoms with Crippen LogP contribution in [-0.2, 0) is 0 Å². The minimum absolute atomic E-state index is 1.05. The van der Waals surface area contributed by atoms with Gasteiger partial charge in [-0.2, -0.15) is 0 Å². The van der Waals surface area contributed by atoms with Gasteiger partial charge in [0.05, 0.1) is 0 Å². The van der Waals surface area contributed by atoms with Gasteiger partial charge in [0.25, 0.3) is 0 Å². The Bertz CT molecular complexity index is 37.2. The van der Waals surface area contributed by atoms with Crippen LogP contribution in [0.4, 0.5) is 0 Å². The fourth-order valence-corrected chi connectivity index (χ4v) is 1.13. The van der Waals surface area contributed by atoms with E-state index < -0.39 is 0 Å². The monoisotopic (exact) mass is 82.1 g/mol. The summed E-state index contributed by atoms with van der Waals surface area (Å²) in [7, 11) is 1.49. The van der Waals surface area contributed by atoms with E-state index in [0.29, 0.717) is 0 Å². The Kier molecular flexibility index (Phi) is 1.18. The molecule has 1 heterocycles. The largest absolute Gasteiger partial charge is 0.120 e. The summed E-state index contributed by atoms with van der Waals surface area (Å²) in [5.41, 5.74) is 0. The molecule has 0 aromatic rings. The van der Waals surface area contributed by atoms with Gasteiger partial charge in [-0.25, -0.2) is 0 Å². The Balaban J connectivity index is 2.18. The van der Waals surface area contributed by atoms with Crippen molar-refractivity contribution in [3.8, 4) is 0 Å². The van der Waals surface area contributed by atoms with E-state index in [1.54, 1.807) is 0 Å². The highest BCUT2D eigenvalue weighted by atomic mass is 14.0. The molecule has 0 radical (unpaired) electrons. The van der Waals surface area contributed by atoms with Gasteiger partial charge in [-0.15, -0.1) is 0 Å². The fraction of sp³-hybridized carbons (Fsp3) is 1.00. The molecule has 0 spiro atoms. The van der Waals surface area contributed by atoms with Crippen molar-refractivity contribution in [3.05, 3.63) is 0 Å². The quantitative estimate of drug-likeness (QED) is 0.386. The van der Waals surface area contributed by atoms with Crippen LogP contribution < -0.4 is 0 Å². The highest BCUT2D eigenvalue weighted by Crippen LogP contribution is 2.18. The van der Waals surface area contributed by atoms with Crippen molar-refractivity contribution in [2.75, 3.05) is 0 Å². The molecule has 1 unspecified atom stereocenters. The van der Waals surface area contributed by atoms with Gasteiger partial charge >= 0.3 is 0 Å². The lowest BCUT2D eigenvalue weighted by Gasteiger charge is -1.92. The predicted octanol–water partition coefficient (Wildman–Crippen LogP) is 1.30. The van der Waals surface area contributed by atoms with Crippen molar-refractivity contribution >= 4 is 7.28 Å². The van der Waals surface area contributed by atoms with E-state index in [0.717, 1.165) is 5.92 Å². The predicted molar refractivity (Wildman–Crippen MR) is 30.5 cm³/mol. The lowest BCUT2D eigenvalue weighted by molar-refractivity contribution is 0.658. The van der Waals surface area contributed by atoms with Crippen LogP contribution in [0.15, 0.2) is 0 Å². The second-order valence-electron chi connectivity index (χ2n) is 2.39. The normalized spacial score (nSPS) is 33.2. The smallest absolute Gasteiger partial charge is 0.0772 e. The van der Waals surface area contributed by atoms with Gasteiger partial charge in [0.2, 0.25) is 0 Å². The SMILES string of the molecule is CC1CBCC1. The molecule has 1 rings (SSSR count). The molecule has 1 fully saturated rings. The van der Waals surface area contributed by atoms with Crippen LogP contribution >= 0.6 is 0 Å². The third kappa shape index (κ3) is 0.765. The summed E-state index contributed by atoms with van der Waals surface area (Å²) in [5, 5.41) is 0. The second kappa shape index (κ2) is 1.68. The van der Waals surface area contributed by atoms with Gasteiger partial charge < -0.3 is 0 Å². The zero-order valence-electron chi connectivity index (χ0n) is 4.41. The summed E-state index contributed by atoms with van der Waals surface area (Å²) < 4.78 is 0. The molecular formula is C5H11B. The first kappa shape index (κ1) is 4.23. The lowest BCUT2D eigenvalue weighted by atomic mass is 9.76. The standard InChI is InChI=1S/C5H11B/c1-5-2-3-6-4-5/h5-6H,2-4H2,1H3. The molecule has 1 aliphatic heterocycles. The molecule has 0 aromatic heterocycles. The van der Waals surface area contributed by atoms with Crippen molar-refractivity contribution in [2.24, 2.45) is 5.92 Å². The first-order valence-electron chi connectivity index (χ1n) is 2.89. The van der Waals surface area contributed by atoms with Crippen LogP contribution in [-0.4, -0.2) is 7.28 Å². The van der Waals surface area contributed by atoms with Crippen molar-refractivity contribution < 1.29 is 0 Å². The van der Waals surface area contributed by atoms with Crippen molar-refractivity contribution in [2.45, 2.75) is 26.0 Å². The van der Waals surface area contributed by atoms with Gasteiger partial charge in [0.1, 0.15) is 7.28 Å². The molecule has 0 amide bonds. The summed E-state index contributed by atoms with van der Waals surface area (Å²) in [4.78, 5) is 0. The van der Waals surface area contributed by atoms with E-state index in [-0.39, 0.29) is 0 Å². The van der Waals surface area contributed by atoms with Gasteiger partial charge in [-0.1, -0.05) is 31.9 Å². The summed E-state index contributed by atoms with van der Waals surface area (Å²) in [6.45, 7) is 2.34. The van der Waals surface area contributed by atoms with E-state index in [2.05, 4.69) is 6.92 Å². The van der Waals surface area contributed by atoms with Crippen LogP contribution in [0.2, 0.25) is 12.6 Å². The Morgan fingerprint density at radius 2 is 2.50 bits per heavy atom. The van der Waals surface area contributed by atoms with Crippen LogP contribution in [0.1, 0.15) is 13.3 Å². The minimum atomic E-state index is 1.05. The molecule has 0 aliphatic carbocycles. The van der Waals surface area contributed by atoms with Gasteiger partial charge in [0.15, 0.2) is 0 Å². The van der Waals surface area contributed by atoms with Crippen LogP contribution in [0.5, 0.6) is 0 Å². The maximum Gasteiger partial charge on any atom is 0.120 e. The van der Waals surface area contributed by atoms with E-state index in [1.807, 2.05) is 0 Å². The fourth-order valence-electron chi connectivity index (χ4n) is 1.13. The summed E-state index contributed by atoms with van der Waals surface area (Å²) in [5.74, 6) is 1.05. The molecule has 1 aliphatic rings. The molecular weight excluding hydrogens is 70.9 g/mol. The van der Waals surface area contributed by atoms with Crippen molar-refractivity contribution in [1.29, 1.82) is 0 Å². The van der Waals surface area contributed by atoms with Gasteiger partial charge in [-0.05, 0) is 0 Å². The molecule has 0 aromatic carbocycles. The van der Waals surface area contributed by atoms with Gasteiger partial charge in [0, 0.05) is 0 Å². The maximum atomic E-state index is 2.34. The molecule has 1 saturated heterocycles. The number of rotatable bonds is 0. The third-order valence-corrected chi connectivity index (χ3v) is 1.64. The highest BCUT2D eigenvalue weighted by molar-refractivity contribution is 6.36. The lowest BCUT2D eigenvalue weighted by Crippen LogP contribution is -1.80. The van der Waals surface area contributed by atoms with Crippen molar-refractivity contribution in [3.63, 3.8) is 0 Å². The maximum absolute atomic E-state index is 2.34. The minimum Gasteiger partial charge on any atom is -0.0772 e. The first-order chi connectivity index (χ1) is 2.89. The highest BCUT2D eigenvalue weighted by Gasteiger charge is 2.08. The Morgan fingerprint density at radius 3 is 2.67 bits per heavy atom. The van der Waals surface area contributed by atoms with E-state index >= 15 is 0 Å². The van der Waals surface area contributed by atoms with Crippen LogP contribution in [0.25, 0.3) is 0 Å². The third-order valence-electron chi connectivity index (χ3n) is 1.64. The average Bonchev–Trinajstić information content (AvgIpc) is 1.86. The zero-order valence-corrected chi connectivity index (χ0v) is 4.41. The molecule has 6 heavy (non-hydrogen) atoms. The van der Waals surface area contributed by atoms with Crippen LogP contribution in [0.3, 0.4) is 0 Å². The summed E-state index contributed by atoms with van der Waals surface area (Å²) >= 11 is 0. The Hall–Kier alpha value is 0.0649. The van der Waals surface area contributed by atoms with Crippen molar-refractivity contribution in [1.82, 2.24) is 0 Å². The van der Waals surface area contributed by atoms with Crippen LogP contribution in [0, 0.1) is 5.92 Å². The molecule has 1 atom stereocenters. The molecule has 0 saturated carbocycles. The Labute approximate surface area is 40.2 Å². The molecule has 34 valence electrons. The number of hydrogen-bond acceptors (Lipinski definition) is 0. The first-order valence-corrected chi connectivity index (χ1v) is 2.89. The Morgan fingerprint density at radius 1 is 1.67 bits per heavy atom. The topological polar surface area (TPSA) is 0 Å². The molecule has 0 bridgehead atoms. The zero-order chi connectivity index (χ0) is 4.41. The molecule has 0 N–H and O–H groups in total. The molecule has 1 heteroatoms. The van der Waals surface area contributed by atoms with E-state index in [9.17, 15) is 0 Å². The van der Waals surface area contributed by atoms with E-state index in [1.165, 1.54) is 26.3 Å². The summed E-state index contributed by atoms with van der Waals surface area (Å²) in [6.07, 6.45) is 4.46. The number of hydrogen-bond donors (Lipinski definition) is 0. The average molecular weight is 82.0 g/mol. The molecule has 0 nitrogen and oxygen atoms in total. The second-order valence-corrected chi connectivity index (χ2v) is 2.39. The van der Waals surface area contributed by atoms with E-state index in [4.69, 9.17) is 0 Å². The summed E-state index contributed by atoms with van der Waals surface area (Å²) in [6, 6.07) is 0. The van der Waals surface area contributed by atoms with Gasteiger partial charge in [-0.3, -0.25) is 0 Å².